The van der Waals surface area contributed by atoms with E-state index in [1.54, 1.807) is 42.5 Å². The second-order valence-electron chi connectivity index (χ2n) is 10.8. The lowest BCUT2D eigenvalue weighted by Gasteiger charge is -2.34. The van der Waals surface area contributed by atoms with E-state index < -0.39 is 28.5 Å². The van der Waals surface area contributed by atoms with E-state index in [0.717, 1.165) is 19.9 Å². The lowest BCUT2D eigenvalue weighted by Crippen LogP contribution is -2.54. The molecule has 4 rings (SSSR count). The van der Waals surface area contributed by atoms with Crippen molar-refractivity contribution < 1.29 is 22.7 Å². The van der Waals surface area contributed by atoms with Crippen molar-refractivity contribution in [3.05, 3.63) is 125 Å². The van der Waals surface area contributed by atoms with Crippen LogP contribution in [0.25, 0.3) is 0 Å². The van der Waals surface area contributed by atoms with Crippen LogP contribution in [0.15, 0.2) is 119 Å². The Bertz CT molecular complexity index is 1670. The number of carbonyl (C=O) groups is 2. The van der Waals surface area contributed by atoms with Gasteiger partial charge >= 0.3 is 0 Å². The molecule has 0 aliphatic rings. The molecule has 0 aliphatic carbocycles. The zero-order valence-electron chi connectivity index (χ0n) is 25.6. The van der Waals surface area contributed by atoms with Crippen molar-refractivity contribution in [3.63, 3.8) is 0 Å². The van der Waals surface area contributed by atoms with Crippen LogP contribution in [-0.2, 0) is 32.6 Å². The van der Waals surface area contributed by atoms with E-state index in [1.807, 2.05) is 75.4 Å². The average Bonchev–Trinajstić information content (AvgIpc) is 3.02. The van der Waals surface area contributed by atoms with Gasteiger partial charge in [0.2, 0.25) is 11.8 Å². The maximum absolute atomic E-state index is 14.5. The summed E-state index contributed by atoms with van der Waals surface area (Å²) >= 11 is 3.50. The van der Waals surface area contributed by atoms with Crippen LogP contribution < -0.4 is 14.4 Å². The number of carbonyl (C=O) groups excluding carboxylic acids is 2. The molecular weight excluding hydrogens is 654 g/mol. The number of hydrogen-bond acceptors (Lipinski definition) is 5. The Kier molecular flexibility index (Phi) is 11.8. The van der Waals surface area contributed by atoms with E-state index in [1.165, 1.54) is 17.0 Å². The molecule has 45 heavy (non-hydrogen) atoms. The van der Waals surface area contributed by atoms with Gasteiger partial charge < -0.3 is 15.0 Å². The molecule has 0 aromatic heterocycles. The number of nitrogens with zero attached hydrogens (tertiary/aromatic N) is 2. The fourth-order valence-electron chi connectivity index (χ4n) is 4.89. The summed E-state index contributed by atoms with van der Waals surface area (Å²) < 4.78 is 35.7. The molecule has 0 saturated carbocycles. The minimum Gasteiger partial charge on any atom is -0.494 e. The number of para-hydroxylation sites is 1. The van der Waals surface area contributed by atoms with Gasteiger partial charge in [0.05, 0.1) is 17.2 Å². The van der Waals surface area contributed by atoms with Gasteiger partial charge in [0.15, 0.2) is 0 Å². The monoisotopic (exact) mass is 691 g/mol. The van der Waals surface area contributed by atoms with Gasteiger partial charge in [-0.3, -0.25) is 13.9 Å². The number of ether oxygens (including phenoxy) is 1. The van der Waals surface area contributed by atoms with Crippen LogP contribution in [0.5, 0.6) is 5.75 Å². The molecule has 4 aromatic carbocycles. The fraction of sp³-hybridized carbons (Fsp3) is 0.257. The SMILES string of the molecule is CCOc1ccc(S(=O)(=O)N(CC(=O)N(Cc2cccc(Br)c2)C(Cc2ccccc2)C(=O)NC(C)C)c2ccccc2)cc1. The smallest absolute Gasteiger partial charge is 0.264 e. The summed E-state index contributed by atoms with van der Waals surface area (Å²) in [7, 11) is -4.20. The summed E-state index contributed by atoms with van der Waals surface area (Å²) in [6.07, 6.45) is 0.246. The van der Waals surface area contributed by atoms with Gasteiger partial charge in [-0.1, -0.05) is 76.6 Å². The Morgan fingerprint density at radius 2 is 1.47 bits per heavy atom. The van der Waals surface area contributed by atoms with E-state index >= 15 is 0 Å². The molecule has 2 amide bonds. The second-order valence-corrected chi connectivity index (χ2v) is 13.6. The van der Waals surface area contributed by atoms with Gasteiger partial charge in [-0.25, -0.2) is 8.42 Å². The van der Waals surface area contributed by atoms with Gasteiger partial charge in [-0.2, -0.15) is 0 Å². The van der Waals surface area contributed by atoms with Crippen LogP contribution in [0.3, 0.4) is 0 Å². The van der Waals surface area contributed by atoms with E-state index in [-0.39, 0.29) is 29.8 Å². The molecule has 0 fully saturated rings. The summed E-state index contributed by atoms with van der Waals surface area (Å²) in [5.74, 6) is -0.301. The van der Waals surface area contributed by atoms with Gasteiger partial charge in [0.25, 0.3) is 10.0 Å². The lowest BCUT2D eigenvalue weighted by atomic mass is 10.0. The van der Waals surface area contributed by atoms with E-state index in [9.17, 15) is 18.0 Å². The quantitative estimate of drug-likeness (QED) is 0.170. The molecule has 1 N–H and O–H groups in total. The predicted molar refractivity (Wildman–Crippen MR) is 180 cm³/mol. The molecule has 1 atom stereocenters. The standard InChI is InChI=1S/C35H38BrN3O5S/c1-4-44-31-18-20-32(21-19-31)45(42,43)39(30-16-9-6-10-17-30)25-34(40)38(24-28-14-11-15-29(36)22-28)33(35(41)37-26(2)3)23-27-12-7-5-8-13-27/h5-22,26,33H,4,23-25H2,1-3H3,(H,37,41). The van der Waals surface area contributed by atoms with E-state index in [2.05, 4.69) is 21.2 Å². The molecule has 0 saturated heterocycles. The number of nitrogens with one attached hydrogen (secondary N) is 1. The minimum atomic E-state index is -4.20. The van der Waals surface area contributed by atoms with Gasteiger partial charge in [-0.05, 0) is 80.4 Å². The van der Waals surface area contributed by atoms with Crippen molar-refractivity contribution in [2.24, 2.45) is 0 Å². The molecule has 10 heteroatoms. The largest absolute Gasteiger partial charge is 0.494 e. The van der Waals surface area contributed by atoms with Crippen molar-refractivity contribution in [2.75, 3.05) is 17.5 Å². The second kappa shape index (κ2) is 15.7. The zero-order valence-corrected chi connectivity index (χ0v) is 28.0. The number of anilines is 1. The average molecular weight is 693 g/mol. The highest BCUT2D eigenvalue weighted by Crippen LogP contribution is 2.26. The number of sulfonamides is 1. The van der Waals surface area contributed by atoms with Crippen LogP contribution in [-0.4, -0.2) is 50.4 Å². The number of amides is 2. The molecule has 0 heterocycles. The van der Waals surface area contributed by atoms with Crippen LogP contribution in [0.2, 0.25) is 0 Å². The minimum absolute atomic E-state index is 0.0135. The maximum Gasteiger partial charge on any atom is 0.264 e. The van der Waals surface area contributed by atoms with Crippen molar-refractivity contribution in [3.8, 4) is 5.75 Å². The lowest BCUT2D eigenvalue weighted by molar-refractivity contribution is -0.140. The third-order valence-corrected chi connectivity index (χ3v) is 9.27. The number of benzene rings is 4. The first-order valence-corrected chi connectivity index (χ1v) is 17.0. The Balaban J connectivity index is 1.78. The number of halogens is 1. The Labute approximate surface area is 274 Å². The maximum atomic E-state index is 14.5. The molecule has 0 spiro atoms. The molecule has 0 bridgehead atoms. The van der Waals surface area contributed by atoms with E-state index in [0.29, 0.717) is 18.0 Å². The van der Waals surface area contributed by atoms with Crippen LogP contribution in [0.1, 0.15) is 31.9 Å². The normalized spacial score (nSPS) is 11.9. The fourth-order valence-corrected chi connectivity index (χ4v) is 6.75. The van der Waals surface area contributed by atoms with Gasteiger partial charge in [0, 0.05) is 23.5 Å². The third kappa shape index (κ3) is 9.18. The third-order valence-electron chi connectivity index (χ3n) is 6.99. The van der Waals surface area contributed by atoms with Crippen molar-refractivity contribution in [2.45, 2.75) is 50.7 Å². The van der Waals surface area contributed by atoms with Crippen LogP contribution >= 0.6 is 15.9 Å². The molecular formula is C35H38BrN3O5S. The Morgan fingerprint density at radius 3 is 2.07 bits per heavy atom. The number of hydrogen-bond donors (Lipinski definition) is 1. The zero-order chi connectivity index (χ0) is 32.4. The highest BCUT2D eigenvalue weighted by atomic mass is 79.9. The summed E-state index contributed by atoms with van der Waals surface area (Å²) in [6.45, 7) is 5.58. The Hall–Kier alpha value is -4.15. The predicted octanol–water partition coefficient (Wildman–Crippen LogP) is 6.21. The van der Waals surface area contributed by atoms with Crippen molar-refractivity contribution in [1.82, 2.24) is 10.2 Å². The van der Waals surface area contributed by atoms with Crippen LogP contribution in [0, 0.1) is 0 Å². The highest BCUT2D eigenvalue weighted by molar-refractivity contribution is 9.10. The summed E-state index contributed by atoms with van der Waals surface area (Å²) in [5, 5.41) is 2.97. The topological polar surface area (TPSA) is 96.0 Å². The Morgan fingerprint density at radius 1 is 0.844 bits per heavy atom. The first kappa shape index (κ1) is 33.7. The highest BCUT2D eigenvalue weighted by Gasteiger charge is 2.34. The summed E-state index contributed by atoms with van der Waals surface area (Å²) in [5.41, 5.74) is 1.98. The molecule has 0 aliphatic heterocycles. The van der Waals surface area contributed by atoms with Gasteiger partial charge in [-0.15, -0.1) is 0 Å². The molecule has 8 nitrogen and oxygen atoms in total. The number of rotatable bonds is 14. The van der Waals surface area contributed by atoms with Crippen molar-refractivity contribution in [1.29, 1.82) is 0 Å². The molecule has 236 valence electrons. The molecule has 0 radical (unpaired) electrons. The summed E-state index contributed by atoms with van der Waals surface area (Å²) in [4.78, 5) is 29.7. The van der Waals surface area contributed by atoms with Gasteiger partial charge in [0.1, 0.15) is 18.3 Å². The molecule has 4 aromatic rings. The first-order valence-electron chi connectivity index (χ1n) is 14.8. The van der Waals surface area contributed by atoms with E-state index in [4.69, 9.17) is 4.74 Å². The van der Waals surface area contributed by atoms with Crippen molar-refractivity contribution >= 4 is 43.5 Å². The summed E-state index contributed by atoms with van der Waals surface area (Å²) in [6, 6.07) is 30.5. The van der Waals surface area contributed by atoms with Crippen LogP contribution in [0.4, 0.5) is 5.69 Å². The first-order chi connectivity index (χ1) is 21.6. The molecule has 1 unspecified atom stereocenters.